The lowest BCUT2D eigenvalue weighted by atomic mass is 10.1. The van der Waals surface area contributed by atoms with Crippen molar-refractivity contribution in [3.63, 3.8) is 0 Å². The van der Waals surface area contributed by atoms with Gasteiger partial charge in [-0.3, -0.25) is 4.79 Å². The number of esters is 1. The summed E-state index contributed by atoms with van der Waals surface area (Å²) in [4.78, 5) is 25.5. The highest BCUT2D eigenvalue weighted by Gasteiger charge is 2.31. The maximum absolute atomic E-state index is 13.0. The molecule has 0 aromatic heterocycles. The topological polar surface area (TPSA) is 64.6 Å². The molecule has 4 rings (SSSR count). The first kappa shape index (κ1) is 20.6. The molecule has 0 heterocycles. The second-order valence-corrected chi connectivity index (χ2v) is 7.42. The van der Waals surface area contributed by atoms with E-state index in [4.69, 9.17) is 9.47 Å². The van der Waals surface area contributed by atoms with E-state index in [1.807, 2.05) is 6.07 Å². The first-order valence-corrected chi connectivity index (χ1v) is 10.1. The molecule has 0 spiro atoms. The first-order chi connectivity index (χ1) is 15.1. The molecule has 1 atom stereocenters. The second-order valence-electron chi connectivity index (χ2n) is 7.42. The van der Waals surface area contributed by atoms with E-state index in [1.54, 1.807) is 60.7 Å². The Morgan fingerprint density at radius 3 is 2.42 bits per heavy atom. The van der Waals surface area contributed by atoms with Gasteiger partial charge in [0.05, 0.1) is 5.56 Å². The largest absolute Gasteiger partial charge is 0.489 e. The molecule has 1 aliphatic rings. The number of nitrogens with one attached hydrogen (secondary N) is 1. The molecule has 1 N–H and O–H groups in total. The summed E-state index contributed by atoms with van der Waals surface area (Å²) in [6.07, 6.45) is 0.849. The monoisotopic (exact) mass is 419 g/mol. The van der Waals surface area contributed by atoms with Crippen LogP contribution in [-0.2, 0) is 16.1 Å². The standard InChI is InChI=1S/C25H22FNO4/c26-20-11-9-17(10-12-20)16-30-22-8-4-7-19(15-22)25(29)31-23(18-5-2-1-3-6-18)24(28)27-21-13-14-21/h1-12,15,21,23H,13-14,16H2,(H,27,28)/t23-/m1/s1. The van der Waals surface area contributed by atoms with Crippen molar-refractivity contribution in [1.29, 1.82) is 0 Å². The number of carbonyl (C=O) groups excluding carboxylic acids is 2. The van der Waals surface area contributed by atoms with Gasteiger partial charge in [-0.1, -0.05) is 48.5 Å². The maximum Gasteiger partial charge on any atom is 0.339 e. The molecule has 0 bridgehead atoms. The predicted octanol–water partition coefficient (Wildman–Crippen LogP) is 4.58. The van der Waals surface area contributed by atoms with Crippen molar-refractivity contribution in [2.45, 2.75) is 31.6 Å². The van der Waals surface area contributed by atoms with Crippen molar-refractivity contribution in [3.8, 4) is 5.75 Å². The Kier molecular flexibility index (Phi) is 6.26. The summed E-state index contributed by atoms with van der Waals surface area (Å²) >= 11 is 0. The van der Waals surface area contributed by atoms with E-state index >= 15 is 0 Å². The minimum Gasteiger partial charge on any atom is -0.489 e. The van der Waals surface area contributed by atoms with Crippen molar-refractivity contribution in [1.82, 2.24) is 5.32 Å². The van der Waals surface area contributed by atoms with Gasteiger partial charge in [-0.25, -0.2) is 9.18 Å². The van der Waals surface area contributed by atoms with Crippen molar-refractivity contribution >= 4 is 11.9 Å². The van der Waals surface area contributed by atoms with Gasteiger partial charge in [-0.15, -0.1) is 0 Å². The summed E-state index contributed by atoms with van der Waals surface area (Å²) in [5.74, 6) is -0.789. The maximum atomic E-state index is 13.0. The first-order valence-electron chi connectivity index (χ1n) is 10.1. The van der Waals surface area contributed by atoms with Crippen molar-refractivity contribution in [2.75, 3.05) is 0 Å². The van der Waals surface area contributed by atoms with Gasteiger partial charge in [0.1, 0.15) is 18.2 Å². The van der Waals surface area contributed by atoms with Gasteiger partial charge >= 0.3 is 5.97 Å². The smallest absolute Gasteiger partial charge is 0.339 e. The van der Waals surface area contributed by atoms with Crippen LogP contribution in [0.2, 0.25) is 0 Å². The zero-order valence-electron chi connectivity index (χ0n) is 16.8. The van der Waals surface area contributed by atoms with Crippen LogP contribution in [0.25, 0.3) is 0 Å². The fourth-order valence-corrected chi connectivity index (χ4v) is 3.04. The molecular formula is C25H22FNO4. The Labute approximate surface area is 179 Å². The van der Waals surface area contributed by atoms with Crippen molar-refractivity contribution in [3.05, 3.63) is 101 Å². The lowest BCUT2D eigenvalue weighted by molar-refractivity contribution is -0.130. The van der Waals surface area contributed by atoms with Gasteiger partial charge < -0.3 is 14.8 Å². The molecule has 0 radical (unpaired) electrons. The van der Waals surface area contributed by atoms with Crippen molar-refractivity contribution < 1.29 is 23.5 Å². The molecule has 1 fully saturated rings. The lowest BCUT2D eigenvalue weighted by Gasteiger charge is -2.18. The van der Waals surface area contributed by atoms with E-state index in [1.165, 1.54) is 12.1 Å². The molecule has 158 valence electrons. The van der Waals surface area contributed by atoms with Crippen LogP contribution in [0.1, 0.15) is 40.4 Å². The van der Waals surface area contributed by atoms with Crippen LogP contribution in [0.4, 0.5) is 4.39 Å². The van der Waals surface area contributed by atoms with E-state index in [2.05, 4.69) is 5.32 Å². The third-order valence-corrected chi connectivity index (χ3v) is 4.88. The van der Waals surface area contributed by atoms with Gasteiger partial charge in [0.2, 0.25) is 6.10 Å². The van der Waals surface area contributed by atoms with Gasteiger partial charge in [-0.2, -0.15) is 0 Å². The SMILES string of the molecule is O=C(O[C@@H](C(=O)NC1CC1)c1ccccc1)c1cccc(OCc2ccc(F)cc2)c1. The molecule has 0 aliphatic heterocycles. The number of hydrogen-bond acceptors (Lipinski definition) is 4. The van der Waals surface area contributed by atoms with E-state index < -0.39 is 12.1 Å². The molecule has 31 heavy (non-hydrogen) atoms. The highest BCUT2D eigenvalue weighted by molar-refractivity contribution is 5.93. The van der Waals surface area contributed by atoms with Crippen LogP contribution in [-0.4, -0.2) is 17.9 Å². The minimum absolute atomic E-state index is 0.153. The van der Waals surface area contributed by atoms with E-state index in [0.717, 1.165) is 18.4 Å². The Bertz CT molecular complexity index is 1050. The average molecular weight is 419 g/mol. The Morgan fingerprint density at radius 1 is 0.968 bits per heavy atom. The molecule has 3 aromatic carbocycles. The Balaban J connectivity index is 1.45. The Morgan fingerprint density at radius 2 is 1.71 bits per heavy atom. The van der Waals surface area contributed by atoms with Crippen LogP contribution >= 0.6 is 0 Å². The molecule has 0 unspecified atom stereocenters. The predicted molar refractivity (Wildman–Crippen MR) is 113 cm³/mol. The molecular weight excluding hydrogens is 397 g/mol. The zero-order chi connectivity index (χ0) is 21.6. The summed E-state index contributed by atoms with van der Waals surface area (Å²) in [5.41, 5.74) is 1.68. The molecule has 3 aromatic rings. The summed E-state index contributed by atoms with van der Waals surface area (Å²) in [6.45, 7) is 0.231. The normalized spacial score (nSPS) is 13.8. The number of ether oxygens (including phenoxy) is 2. The number of rotatable bonds is 8. The Hall–Kier alpha value is -3.67. The van der Waals surface area contributed by atoms with Crippen LogP contribution in [0.15, 0.2) is 78.9 Å². The lowest BCUT2D eigenvalue weighted by Crippen LogP contribution is -2.33. The van der Waals surface area contributed by atoms with Crippen LogP contribution in [0.3, 0.4) is 0 Å². The summed E-state index contributed by atoms with van der Waals surface area (Å²) in [5, 5.41) is 2.90. The number of amides is 1. The fraction of sp³-hybridized carbons (Fsp3) is 0.200. The summed E-state index contributed by atoms with van der Waals surface area (Å²) in [7, 11) is 0. The molecule has 6 heteroatoms. The number of halogens is 1. The van der Waals surface area contributed by atoms with E-state index in [9.17, 15) is 14.0 Å². The quantitative estimate of drug-likeness (QED) is 0.543. The fourth-order valence-electron chi connectivity index (χ4n) is 3.04. The summed E-state index contributed by atoms with van der Waals surface area (Å²) < 4.78 is 24.3. The van der Waals surface area contributed by atoms with Gasteiger partial charge in [0.15, 0.2) is 0 Å². The third-order valence-electron chi connectivity index (χ3n) is 4.88. The van der Waals surface area contributed by atoms with E-state index in [-0.39, 0.29) is 29.9 Å². The second kappa shape index (κ2) is 9.43. The molecule has 0 saturated heterocycles. The van der Waals surface area contributed by atoms with Crippen LogP contribution in [0, 0.1) is 5.82 Å². The van der Waals surface area contributed by atoms with Gasteiger partial charge in [0.25, 0.3) is 5.91 Å². The highest BCUT2D eigenvalue weighted by Crippen LogP contribution is 2.25. The van der Waals surface area contributed by atoms with E-state index in [0.29, 0.717) is 11.3 Å². The minimum atomic E-state index is -1.03. The molecule has 1 aliphatic carbocycles. The molecule has 1 amide bonds. The average Bonchev–Trinajstić information content (AvgIpc) is 3.61. The van der Waals surface area contributed by atoms with Gasteiger partial charge in [-0.05, 0) is 48.7 Å². The zero-order valence-corrected chi connectivity index (χ0v) is 16.8. The van der Waals surface area contributed by atoms with Gasteiger partial charge in [0, 0.05) is 11.6 Å². The molecule has 1 saturated carbocycles. The number of hydrogen-bond donors (Lipinski definition) is 1. The molecule has 5 nitrogen and oxygen atoms in total. The van der Waals surface area contributed by atoms with Crippen molar-refractivity contribution in [2.24, 2.45) is 0 Å². The van der Waals surface area contributed by atoms with Crippen LogP contribution in [0.5, 0.6) is 5.75 Å². The van der Waals surface area contributed by atoms with Crippen LogP contribution < -0.4 is 10.1 Å². The third kappa shape index (κ3) is 5.69. The number of carbonyl (C=O) groups is 2. The summed E-state index contributed by atoms with van der Waals surface area (Å²) in [6, 6.07) is 21.7. The highest BCUT2D eigenvalue weighted by atomic mass is 19.1. The number of benzene rings is 3.